The quantitative estimate of drug-likeness (QED) is 0.802. The lowest BCUT2D eigenvalue weighted by Crippen LogP contribution is -2.13. The number of amides is 1. The molecule has 76 valence electrons. The fraction of sp³-hybridized carbons (Fsp3) is 0. The summed E-state index contributed by atoms with van der Waals surface area (Å²) < 4.78 is 0.653. The van der Waals surface area contributed by atoms with Crippen LogP contribution in [0.4, 0.5) is 5.82 Å². The van der Waals surface area contributed by atoms with Gasteiger partial charge in [-0.05, 0) is 28.1 Å². The molecule has 1 amide bonds. The van der Waals surface area contributed by atoms with E-state index >= 15 is 0 Å². The molecule has 0 fully saturated rings. The van der Waals surface area contributed by atoms with E-state index in [1.165, 1.54) is 6.20 Å². The van der Waals surface area contributed by atoms with Crippen molar-refractivity contribution in [3.05, 3.63) is 34.7 Å². The number of carbonyl (C=O) groups is 1. The van der Waals surface area contributed by atoms with E-state index in [9.17, 15) is 4.79 Å². The Balaban J connectivity index is 2.13. The van der Waals surface area contributed by atoms with Crippen molar-refractivity contribution in [2.75, 3.05) is 5.32 Å². The van der Waals surface area contributed by atoms with Gasteiger partial charge in [-0.1, -0.05) is 6.07 Å². The Bertz CT molecular complexity index is 470. The van der Waals surface area contributed by atoms with Crippen molar-refractivity contribution in [3.63, 3.8) is 0 Å². The number of nitrogens with zero attached hydrogens (tertiary/aromatic N) is 3. The zero-order valence-electron chi connectivity index (χ0n) is 7.44. The third-order valence-corrected chi connectivity index (χ3v) is 2.05. The summed E-state index contributed by atoms with van der Waals surface area (Å²) >= 11 is 3.20. The molecule has 0 spiro atoms. The summed E-state index contributed by atoms with van der Waals surface area (Å²) in [4.78, 5) is 15.5. The van der Waals surface area contributed by atoms with Gasteiger partial charge in [-0.15, -0.1) is 0 Å². The van der Waals surface area contributed by atoms with Gasteiger partial charge >= 0.3 is 0 Å². The van der Waals surface area contributed by atoms with Crippen LogP contribution < -0.4 is 5.32 Å². The Morgan fingerprint density at radius 1 is 1.47 bits per heavy atom. The minimum atomic E-state index is -0.352. The number of carbonyl (C=O) groups excluding carboxylic acids is 1. The van der Waals surface area contributed by atoms with Crippen LogP contribution in [0.2, 0.25) is 0 Å². The summed E-state index contributed by atoms with van der Waals surface area (Å²) in [6, 6.07) is 5.23. The topological polar surface area (TPSA) is 83.6 Å². The number of aromatic amines is 1. The van der Waals surface area contributed by atoms with E-state index in [1.54, 1.807) is 18.2 Å². The smallest absolute Gasteiger partial charge is 0.278 e. The number of hydrogen-bond donors (Lipinski definition) is 2. The average molecular weight is 268 g/mol. The van der Waals surface area contributed by atoms with Crippen LogP contribution in [-0.4, -0.2) is 26.3 Å². The molecule has 0 aromatic carbocycles. The molecule has 2 aromatic rings. The number of aromatic nitrogens is 4. The van der Waals surface area contributed by atoms with E-state index in [0.29, 0.717) is 10.4 Å². The highest BCUT2D eigenvalue weighted by atomic mass is 79.9. The molecule has 2 heterocycles. The summed E-state index contributed by atoms with van der Waals surface area (Å²) in [5.41, 5.74) is 0.219. The molecule has 2 N–H and O–H groups in total. The molecule has 0 bridgehead atoms. The molecular formula is C8H6BrN5O. The zero-order valence-corrected chi connectivity index (χ0v) is 9.02. The Morgan fingerprint density at radius 2 is 2.33 bits per heavy atom. The maximum Gasteiger partial charge on any atom is 0.278 e. The lowest BCUT2D eigenvalue weighted by atomic mass is 10.4. The summed E-state index contributed by atoms with van der Waals surface area (Å²) in [5, 5.41) is 12.1. The van der Waals surface area contributed by atoms with Gasteiger partial charge in [0, 0.05) is 0 Å². The van der Waals surface area contributed by atoms with Crippen LogP contribution in [0, 0.1) is 0 Å². The predicted molar refractivity (Wildman–Crippen MR) is 56.3 cm³/mol. The Kier molecular flexibility index (Phi) is 2.72. The van der Waals surface area contributed by atoms with E-state index in [-0.39, 0.29) is 11.6 Å². The Morgan fingerprint density at radius 3 is 3.00 bits per heavy atom. The second kappa shape index (κ2) is 4.18. The highest BCUT2D eigenvalue weighted by Crippen LogP contribution is 2.10. The molecule has 2 rings (SSSR count). The first-order valence-corrected chi connectivity index (χ1v) is 4.85. The summed E-state index contributed by atoms with van der Waals surface area (Å²) in [6.07, 6.45) is 1.34. The van der Waals surface area contributed by atoms with Gasteiger partial charge in [0.05, 0.1) is 6.20 Å². The first-order valence-electron chi connectivity index (χ1n) is 4.05. The molecule has 0 radical (unpaired) electrons. The van der Waals surface area contributed by atoms with Crippen LogP contribution in [0.1, 0.15) is 10.5 Å². The normalized spacial score (nSPS) is 9.93. The highest BCUT2D eigenvalue weighted by Gasteiger charge is 2.09. The number of hydrogen-bond acceptors (Lipinski definition) is 4. The van der Waals surface area contributed by atoms with E-state index < -0.39 is 0 Å². The third-order valence-electron chi connectivity index (χ3n) is 1.60. The first kappa shape index (κ1) is 9.78. The van der Waals surface area contributed by atoms with Gasteiger partial charge in [0.15, 0.2) is 5.69 Å². The summed E-state index contributed by atoms with van der Waals surface area (Å²) in [7, 11) is 0. The fourth-order valence-electron chi connectivity index (χ4n) is 0.969. The fourth-order valence-corrected chi connectivity index (χ4v) is 1.31. The van der Waals surface area contributed by atoms with Crippen LogP contribution in [0.3, 0.4) is 0 Å². The number of rotatable bonds is 2. The minimum Gasteiger partial charge on any atom is -0.305 e. The number of nitrogens with one attached hydrogen (secondary N) is 2. The van der Waals surface area contributed by atoms with Crippen LogP contribution in [0.25, 0.3) is 0 Å². The van der Waals surface area contributed by atoms with Gasteiger partial charge in [-0.2, -0.15) is 15.4 Å². The molecule has 15 heavy (non-hydrogen) atoms. The standard InChI is InChI=1S/C8H6BrN5O/c9-6-2-1-3-7(11-6)12-8(15)5-4-10-14-13-5/h1-4H,(H,10,13,14)(H,11,12,15). The Hall–Kier alpha value is -1.76. The maximum absolute atomic E-state index is 11.5. The van der Waals surface area contributed by atoms with Crippen molar-refractivity contribution in [2.24, 2.45) is 0 Å². The number of halogens is 1. The second-order valence-corrected chi connectivity index (χ2v) is 3.47. The van der Waals surface area contributed by atoms with E-state index in [1.807, 2.05) is 0 Å². The van der Waals surface area contributed by atoms with E-state index in [4.69, 9.17) is 0 Å². The van der Waals surface area contributed by atoms with E-state index in [2.05, 4.69) is 41.6 Å². The van der Waals surface area contributed by atoms with Crippen molar-refractivity contribution in [1.29, 1.82) is 0 Å². The predicted octanol–water partition coefficient (Wildman–Crippen LogP) is 1.21. The van der Waals surface area contributed by atoms with Crippen LogP contribution in [0.15, 0.2) is 29.0 Å². The highest BCUT2D eigenvalue weighted by molar-refractivity contribution is 9.10. The molecule has 0 atom stereocenters. The molecular weight excluding hydrogens is 262 g/mol. The second-order valence-electron chi connectivity index (χ2n) is 2.65. The van der Waals surface area contributed by atoms with Crippen molar-refractivity contribution < 1.29 is 4.79 Å². The van der Waals surface area contributed by atoms with Gasteiger partial charge in [-0.3, -0.25) is 4.79 Å². The number of anilines is 1. The molecule has 6 nitrogen and oxygen atoms in total. The molecule has 0 aliphatic carbocycles. The van der Waals surface area contributed by atoms with Gasteiger partial charge in [0.25, 0.3) is 5.91 Å². The Labute approximate surface area is 93.2 Å². The van der Waals surface area contributed by atoms with Crippen LogP contribution in [-0.2, 0) is 0 Å². The van der Waals surface area contributed by atoms with Crippen LogP contribution in [0.5, 0.6) is 0 Å². The molecule has 2 aromatic heterocycles. The maximum atomic E-state index is 11.5. The minimum absolute atomic E-state index is 0.219. The molecule has 0 unspecified atom stereocenters. The van der Waals surface area contributed by atoms with Crippen molar-refractivity contribution in [1.82, 2.24) is 20.4 Å². The largest absolute Gasteiger partial charge is 0.305 e. The molecule has 0 aliphatic rings. The van der Waals surface area contributed by atoms with Gasteiger partial charge in [0.2, 0.25) is 0 Å². The van der Waals surface area contributed by atoms with Gasteiger partial charge in [-0.25, -0.2) is 4.98 Å². The lowest BCUT2D eigenvalue weighted by Gasteiger charge is -2.01. The zero-order chi connectivity index (χ0) is 10.7. The van der Waals surface area contributed by atoms with E-state index in [0.717, 1.165) is 0 Å². The summed E-state index contributed by atoms with van der Waals surface area (Å²) in [6.45, 7) is 0. The van der Waals surface area contributed by atoms with Crippen LogP contribution >= 0.6 is 15.9 Å². The SMILES string of the molecule is O=C(Nc1cccc(Br)n1)c1cn[nH]n1. The van der Waals surface area contributed by atoms with Crippen molar-refractivity contribution in [2.45, 2.75) is 0 Å². The summed E-state index contributed by atoms with van der Waals surface area (Å²) in [5.74, 6) is 0.103. The molecule has 0 aliphatic heterocycles. The average Bonchev–Trinajstić information content (AvgIpc) is 2.70. The lowest BCUT2D eigenvalue weighted by molar-refractivity contribution is 0.102. The molecule has 7 heteroatoms. The number of pyridine rings is 1. The third kappa shape index (κ3) is 2.38. The van der Waals surface area contributed by atoms with Crippen molar-refractivity contribution in [3.8, 4) is 0 Å². The number of H-pyrrole nitrogens is 1. The molecule has 0 saturated carbocycles. The van der Waals surface area contributed by atoms with Crippen molar-refractivity contribution >= 4 is 27.7 Å². The molecule has 0 saturated heterocycles. The monoisotopic (exact) mass is 267 g/mol. The van der Waals surface area contributed by atoms with Gasteiger partial charge in [0.1, 0.15) is 10.4 Å². The van der Waals surface area contributed by atoms with Gasteiger partial charge < -0.3 is 5.32 Å². The first-order chi connectivity index (χ1) is 7.25.